The van der Waals surface area contributed by atoms with Crippen LogP contribution in [0.2, 0.25) is 0 Å². The number of amides is 1. The second-order valence-corrected chi connectivity index (χ2v) is 4.94. The molecule has 1 aromatic rings. The van der Waals surface area contributed by atoms with Gasteiger partial charge in [-0.05, 0) is 36.4 Å². The summed E-state index contributed by atoms with van der Waals surface area (Å²) in [7, 11) is 0. The van der Waals surface area contributed by atoms with Crippen molar-refractivity contribution < 1.29 is 9.90 Å². The molecule has 0 aromatic carbocycles. The van der Waals surface area contributed by atoms with E-state index in [1.807, 2.05) is 31.4 Å². The van der Waals surface area contributed by atoms with Gasteiger partial charge in [0.15, 0.2) is 0 Å². The quantitative estimate of drug-likeness (QED) is 0.765. The van der Waals surface area contributed by atoms with Gasteiger partial charge >= 0.3 is 0 Å². The second-order valence-electron chi connectivity index (χ2n) is 3.99. The Balaban J connectivity index is 2.35. The molecule has 1 heterocycles. The van der Waals surface area contributed by atoms with Gasteiger partial charge in [-0.15, -0.1) is 11.3 Å². The van der Waals surface area contributed by atoms with E-state index in [0.29, 0.717) is 13.0 Å². The van der Waals surface area contributed by atoms with Crippen LogP contribution in [0.5, 0.6) is 0 Å². The molecule has 94 valence electrons. The average Bonchev–Trinajstić information content (AvgIpc) is 2.70. The molecule has 1 unspecified atom stereocenters. The lowest BCUT2D eigenvalue weighted by Gasteiger charge is -2.08. The minimum absolute atomic E-state index is 0.159. The van der Waals surface area contributed by atoms with Crippen LogP contribution in [-0.4, -0.2) is 23.7 Å². The first kappa shape index (κ1) is 13.9. The fraction of sp³-hybridized carbons (Fsp3) is 0.462. The fourth-order valence-corrected chi connectivity index (χ4v) is 2.24. The molecule has 0 spiro atoms. The summed E-state index contributed by atoms with van der Waals surface area (Å²) in [5, 5.41) is 14.1. The molecule has 0 fully saturated rings. The lowest BCUT2D eigenvalue weighted by molar-refractivity contribution is -0.116. The lowest BCUT2D eigenvalue weighted by Crippen LogP contribution is -2.30. The van der Waals surface area contributed by atoms with Gasteiger partial charge in [-0.25, -0.2) is 0 Å². The Morgan fingerprint density at radius 2 is 2.41 bits per heavy atom. The maximum Gasteiger partial charge on any atom is 0.244 e. The lowest BCUT2D eigenvalue weighted by atomic mass is 10.2. The van der Waals surface area contributed by atoms with Crippen molar-refractivity contribution in [1.29, 1.82) is 0 Å². The molecule has 1 atom stereocenters. The summed E-state index contributed by atoms with van der Waals surface area (Å²) in [5.41, 5.74) is 1.17. The first-order valence-corrected chi connectivity index (χ1v) is 6.69. The van der Waals surface area contributed by atoms with Gasteiger partial charge < -0.3 is 10.4 Å². The zero-order valence-corrected chi connectivity index (χ0v) is 11.1. The zero-order chi connectivity index (χ0) is 12.7. The van der Waals surface area contributed by atoms with Gasteiger partial charge in [0.05, 0.1) is 6.10 Å². The standard InChI is InChI=1S/C13H19NO2S/c1-3-4-11(15)9-14-13(16)6-5-12-10(2)7-8-17-12/h5-8,11,15H,3-4,9H2,1-2H3,(H,14,16)/b6-5+. The van der Waals surface area contributed by atoms with E-state index in [2.05, 4.69) is 5.32 Å². The molecule has 1 aromatic heterocycles. The van der Waals surface area contributed by atoms with Crippen LogP contribution in [0.1, 0.15) is 30.2 Å². The number of carbonyl (C=O) groups is 1. The van der Waals surface area contributed by atoms with E-state index in [1.165, 1.54) is 11.6 Å². The summed E-state index contributed by atoms with van der Waals surface area (Å²) in [6.07, 6.45) is 4.51. The Bertz CT molecular complexity index is 385. The predicted octanol–water partition coefficient (Wildman–Crippen LogP) is 2.35. The van der Waals surface area contributed by atoms with Crippen LogP contribution >= 0.6 is 11.3 Å². The maximum absolute atomic E-state index is 11.5. The number of carbonyl (C=O) groups excluding carboxylic acids is 1. The summed E-state index contributed by atoms with van der Waals surface area (Å²) in [5.74, 6) is -0.159. The average molecular weight is 253 g/mol. The Hall–Kier alpha value is -1.13. The summed E-state index contributed by atoms with van der Waals surface area (Å²) >= 11 is 1.61. The first-order chi connectivity index (χ1) is 8.13. The molecule has 0 aliphatic rings. The van der Waals surface area contributed by atoms with Crippen molar-refractivity contribution in [2.45, 2.75) is 32.8 Å². The number of aliphatic hydroxyl groups is 1. The smallest absolute Gasteiger partial charge is 0.244 e. The van der Waals surface area contributed by atoms with Crippen LogP contribution in [0.15, 0.2) is 17.5 Å². The monoisotopic (exact) mass is 253 g/mol. The van der Waals surface area contributed by atoms with Crippen LogP contribution < -0.4 is 5.32 Å². The molecule has 4 heteroatoms. The van der Waals surface area contributed by atoms with Crippen LogP contribution in [0.3, 0.4) is 0 Å². The Morgan fingerprint density at radius 1 is 1.65 bits per heavy atom. The van der Waals surface area contributed by atoms with Crippen LogP contribution in [-0.2, 0) is 4.79 Å². The van der Waals surface area contributed by atoms with E-state index in [-0.39, 0.29) is 5.91 Å². The van der Waals surface area contributed by atoms with Crippen molar-refractivity contribution in [3.05, 3.63) is 28.0 Å². The van der Waals surface area contributed by atoms with Gasteiger partial charge in [0.25, 0.3) is 0 Å². The van der Waals surface area contributed by atoms with E-state index >= 15 is 0 Å². The number of hydrogen-bond donors (Lipinski definition) is 2. The number of rotatable bonds is 6. The maximum atomic E-state index is 11.5. The third-order valence-electron chi connectivity index (χ3n) is 2.42. The second kappa shape index (κ2) is 7.25. The molecule has 1 amide bonds. The SMILES string of the molecule is CCCC(O)CNC(=O)/C=C/c1sccc1C. The fourth-order valence-electron chi connectivity index (χ4n) is 1.42. The molecule has 0 bridgehead atoms. The molecular formula is C13H19NO2S. The minimum atomic E-state index is -0.444. The van der Waals surface area contributed by atoms with Gasteiger partial charge in [-0.2, -0.15) is 0 Å². The molecule has 3 nitrogen and oxygen atoms in total. The predicted molar refractivity (Wildman–Crippen MR) is 72.0 cm³/mol. The summed E-state index contributed by atoms with van der Waals surface area (Å²) in [6.45, 7) is 4.34. The minimum Gasteiger partial charge on any atom is -0.391 e. The van der Waals surface area contributed by atoms with Gasteiger partial charge in [-0.1, -0.05) is 13.3 Å². The van der Waals surface area contributed by atoms with Gasteiger partial charge in [0.2, 0.25) is 5.91 Å². The van der Waals surface area contributed by atoms with Gasteiger partial charge in [-0.3, -0.25) is 4.79 Å². The zero-order valence-electron chi connectivity index (χ0n) is 10.3. The Kier molecular flexibility index (Phi) is 5.94. The van der Waals surface area contributed by atoms with Crippen LogP contribution in [0.25, 0.3) is 6.08 Å². The number of thiophene rings is 1. The molecule has 0 aliphatic carbocycles. The van der Waals surface area contributed by atoms with E-state index < -0.39 is 6.10 Å². The Labute approximate surface area is 106 Å². The largest absolute Gasteiger partial charge is 0.391 e. The third kappa shape index (κ3) is 5.15. The van der Waals surface area contributed by atoms with E-state index in [4.69, 9.17) is 0 Å². The van der Waals surface area contributed by atoms with Crippen molar-refractivity contribution in [3.8, 4) is 0 Å². The topological polar surface area (TPSA) is 49.3 Å². The molecule has 0 aliphatic heterocycles. The van der Waals surface area contributed by atoms with Crippen molar-refractivity contribution in [2.75, 3.05) is 6.54 Å². The van der Waals surface area contributed by atoms with Crippen LogP contribution in [0, 0.1) is 6.92 Å². The number of aryl methyl sites for hydroxylation is 1. The molecule has 17 heavy (non-hydrogen) atoms. The van der Waals surface area contributed by atoms with Crippen molar-refractivity contribution in [2.24, 2.45) is 0 Å². The number of aliphatic hydroxyl groups excluding tert-OH is 1. The Morgan fingerprint density at radius 3 is 3.00 bits per heavy atom. The molecule has 2 N–H and O–H groups in total. The summed E-state index contributed by atoms with van der Waals surface area (Å²) in [4.78, 5) is 12.5. The summed E-state index contributed by atoms with van der Waals surface area (Å²) in [6, 6.07) is 2.02. The van der Waals surface area contributed by atoms with Crippen molar-refractivity contribution in [1.82, 2.24) is 5.32 Å². The molecule has 0 saturated carbocycles. The highest BCUT2D eigenvalue weighted by molar-refractivity contribution is 7.11. The molecule has 0 radical (unpaired) electrons. The molecule has 0 saturated heterocycles. The van der Waals surface area contributed by atoms with E-state index in [1.54, 1.807) is 11.3 Å². The van der Waals surface area contributed by atoms with Gasteiger partial charge in [0, 0.05) is 17.5 Å². The van der Waals surface area contributed by atoms with E-state index in [9.17, 15) is 9.90 Å². The molecule has 1 rings (SSSR count). The van der Waals surface area contributed by atoms with Crippen LogP contribution in [0.4, 0.5) is 0 Å². The normalized spacial score (nSPS) is 12.9. The summed E-state index contributed by atoms with van der Waals surface area (Å²) < 4.78 is 0. The molecular weight excluding hydrogens is 234 g/mol. The van der Waals surface area contributed by atoms with Gasteiger partial charge in [0.1, 0.15) is 0 Å². The highest BCUT2D eigenvalue weighted by Crippen LogP contribution is 2.16. The first-order valence-electron chi connectivity index (χ1n) is 5.81. The van der Waals surface area contributed by atoms with Crippen molar-refractivity contribution in [3.63, 3.8) is 0 Å². The third-order valence-corrected chi connectivity index (χ3v) is 3.41. The number of hydrogen-bond acceptors (Lipinski definition) is 3. The highest BCUT2D eigenvalue weighted by Gasteiger charge is 2.03. The van der Waals surface area contributed by atoms with E-state index in [0.717, 1.165) is 11.3 Å². The highest BCUT2D eigenvalue weighted by atomic mass is 32.1. The van der Waals surface area contributed by atoms with Crippen molar-refractivity contribution >= 4 is 23.3 Å². The number of nitrogens with one attached hydrogen (secondary N) is 1.